The van der Waals surface area contributed by atoms with Gasteiger partial charge in [-0.1, -0.05) is 17.7 Å². The lowest BCUT2D eigenvalue weighted by Crippen LogP contribution is -2.36. The van der Waals surface area contributed by atoms with Crippen molar-refractivity contribution in [1.29, 1.82) is 0 Å². The van der Waals surface area contributed by atoms with Crippen molar-refractivity contribution in [3.63, 3.8) is 0 Å². The number of fused-ring (bicyclic) bond motifs is 2. The van der Waals surface area contributed by atoms with Crippen molar-refractivity contribution in [2.24, 2.45) is 5.73 Å². The van der Waals surface area contributed by atoms with Crippen LogP contribution in [0.1, 0.15) is 24.8 Å². The topological polar surface area (TPSA) is 32.5 Å². The Bertz CT molecular complexity index is 477. The summed E-state index contributed by atoms with van der Waals surface area (Å²) in [6, 6.07) is 7.87. The molecule has 2 heterocycles. The fourth-order valence-electron chi connectivity index (χ4n) is 3.66. The lowest BCUT2D eigenvalue weighted by Gasteiger charge is -2.28. The van der Waals surface area contributed by atoms with E-state index >= 15 is 0 Å². The van der Waals surface area contributed by atoms with Gasteiger partial charge in [0.15, 0.2) is 0 Å². The Labute approximate surface area is 126 Å². The lowest BCUT2D eigenvalue weighted by atomic mass is 10.1. The Morgan fingerprint density at radius 3 is 2.80 bits per heavy atom. The molecule has 0 saturated carbocycles. The van der Waals surface area contributed by atoms with Gasteiger partial charge in [-0.15, -0.1) is 0 Å². The first-order chi connectivity index (χ1) is 9.69. The SMILES string of the molecule is CN1C2CCC1CN(c1ccc(CCN)cc1Cl)CC2. The molecule has 1 aromatic rings. The molecule has 0 aromatic heterocycles. The molecule has 3 nitrogen and oxygen atoms in total. The molecule has 4 heteroatoms. The van der Waals surface area contributed by atoms with Crippen LogP contribution in [0.3, 0.4) is 0 Å². The highest BCUT2D eigenvalue weighted by Crippen LogP contribution is 2.34. The molecule has 0 radical (unpaired) electrons. The molecule has 1 aromatic carbocycles. The van der Waals surface area contributed by atoms with Crippen molar-refractivity contribution < 1.29 is 0 Å². The minimum atomic E-state index is 0.675. The highest BCUT2D eigenvalue weighted by Gasteiger charge is 2.34. The molecule has 20 heavy (non-hydrogen) atoms. The van der Waals surface area contributed by atoms with Crippen molar-refractivity contribution in [2.45, 2.75) is 37.8 Å². The van der Waals surface area contributed by atoms with Crippen LogP contribution < -0.4 is 10.6 Å². The Hall–Kier alpha value is -0.770. The van der Waals surface area contributed by atoms with E-state index in [0.717, 1.165) is 30.6 Å². The molecule has 0 amide bonds. The number of hydrogen-bond acceptors (Lipinski definition) is 3. The number of nitrogens with two attached hydrogens (primary N) is 1. The fourth-order valence-corrected chi connectivity index (χ4v) is 3.98. The summed E-state index contributed by atoms with van der Waals surface area (Å²) in [7, 11) is 2.28. The molecule has 110 valence electrons. The molecule has 0 spiro atoms. The third-order valence-electron chi connectivity index (χ3n) is 4.93. The monoisotopic (exact) mass is 293 g/mol. The van der Waals surface area contributed by atoms with Crippen LogP contribution in [0.15, 0.2) is 18.2 Å². The summed E-state index contributed by atoms with van der Waals surface area (Å²) in [6.45, 7) is 2.89. The van der Waals surface area contributed by atoms with Crippen LogP contribution in [0.4, 0.5) is 5.69 Å². The third-order valence-corrected chi connectivity index (χ3v) is 5.24. The van der Waals surface area contributed by atoms with E-state index < -0.39 is 0 Å². The molecule has 3 rings (SSSR count). The van der Waals surface area contributed by atoms with Gasteiger partial charge in [0.2, 0.25) is 0 Å². The summed E-state index contributed by atoms with van der Waals surface area (Å²) >= 11 is 6.49. The van der Waals surface area contributed by atoms with Crippen LogP contribution in [-0.4, -0.2) is 43.7 Å². The molecule has 2 saturated heterocycles. The molecule has 2 N–H and O–H groups in total. The molecule has 2 aliphatic rings. The average molecular weight is 294 g/mol. The van der Waals surface area contributed by atoms with Gasteiger partial charge in [-0.25, -0.2) is 0 Å². The minimum Gasteiger partial charge on any atom is -0.369 e. The number of anilines is 1. The highest BCUT2D eigenvalue weighted by atomic mass is 35.5. The summed E-state index contributed by atoms with van der Waals surface area (Å²) in [5.74, 6) is 0. The van der Waals surface area contributed by atoms with Crippen LogP contribution >= 0.6 is 11.6 Å². The van der Waals surface area contributed by atoms with E-state index in [1.807, 2.05) is 0 Å². The van der Waals surface area contributed by atoms with E-state index in [0.29, 0.717) is 12.6 Å². The number of likely N-dealkylation sites (N-methyl/N-ethyl adjacent to an activating group) is 1. The first-order valence-electron chi connectivity index (χ1n) is 7.64. The van der Waals surface area contributed by atoms with Gasteiger partial charge in [-0.3, -0.25) is 4.90 Å². The summed E-state index contributed by atoms with van der Waals surface area (Å²) < 4.78 is 0. The molecular weight excluding hydrogens is 270 g/mol. The van der Waals surface area contributed by atoms with E-state index in [2.05, 4.69) is 35.0 Å². The minimum absolute atomic E-state index is 0.675. The van der Waals surface area contributed by atoms with Gasteiger partial charge in [-0.05, 0) is 57.0 Å². The Kier molecular flexibility index (Phi) is 4.20. The number of nitrogens with zero attached hydrogens (tertiary/aromatic N) is 2. The van der Waals surface area contributed by atoms with Crippen molar-refractivity contribution >= 4 is 17.3 Å². The van der Waals surface area contributed by atoms with Crippen molar-refractivity contribution in [3.8, 4) is 0 Å². The standard InChI is InChI=1S/C16H24ClN3/c1-19-13-3-4-14(19)11-20(9-7-13)16-5-2-12(6-8-18)10-15(16)17/h2,5,10,13-14H,3-4,6-9,11,18H2,1H3. The number of hydrogen-bond donors (Lipinski definition) is 1. The average Bonchev–Trinajstić information content (AvgIpc) is 2.65. The zero-order valence-electron chi connectivity index (χ0n) is 12.2. The van der Waals surface area contributed by atoms with Gasteiger partial charge in [-0.2, -0.15) is 0 Å². The second-order valence-electron chi connectivity index (χ2n) is 6.11. The molecule has 2 atom stereocenters. The van der Waals surface area contributed by atoms with E-state index in [9.17, 15) is 0 Å². The van der Waals surface area contributed by atoms with Gasteiger partial charge in [0.05, 0.1) is 10.7 Å². The van der Waals surface area contributed by atoms with E-state index in [1.165, 1.54) is 30.5 Å². The molecule has 2 unspecified atom stereocenters. The summed E-state index contributed by atoms with van der Waals surface area (Å²) in [4.78, 5) is 5.03. The van der Waals surface area contributed by atoms with Crippen LogP contribution in [0.5, 0.6) is 0 Å². The van der Waals surface area contributed by atoms with Gasteiger partial charge >= 0.3 is 0 Å². The fraction of sp³-hybridized carbons (Fsp3) is 0.625. The van der Waals surface area contributed by atoms with Gasteiger partial charge < -0.3 is 10.6 Å². The van der Waals surface area contributed by atoms with E-state index in [-0.39, 0.29) is 0 Å². The second-order valence-corrected chi connectivity index (χ2v) is 6.52. The first kappa shape index (κ1) is 14.2. The molecule has 2 bridgehead atoms. The third kappa shape index (κ3) is 2.67. The zero-order valence-corrected chi connectivity index (χ0v) is 12.9. The molecular formula is C16H24ClN3. The molecule has 2 aliphatic heterocycles. The molecule has 0 aliphatic carbocycles. The predicted molar refractivity (Wildman–Crippen MR) is 85.6 cm³/mol. The van der Waals surface area contributed by atoms with Crippen LogP contribution in [-0.2, 0) is 6.42 Å². The maximum absolute atomic E-state index is 6.49. The van der Waals surface area contributed by atoms with Crippen molar-refractivity contribution in [1.82, 2.24) is 4.90 Å². The number of benzene rings is 1. The van der Waals surface area contributed by atoms with E-state index in [1.54, 1.807) is 0 Å². The maximum Gasteiger partial charge on any atom is 0.0642 e. The second kappa shape index (κ2) is 5.92. The highest BCUT2D eigenvalue weighted by molar-refractivity contribution is 6.33. The maximum atomic E-state index is 6.49. The first-order valence-corrected chi connectivity index (χ1v) is 8.02. The van der Waals surface area contributed by atoms with Crippen molar-refractivity contribution in [3.05, 3.63) is 28.8 Å². The Balaban J connectivity index is 1.79. The number of halogens is 1. The van der Waals surface area contributed by atoms with E-state index in [4.69, 9.17) is 17.3 Å². The van der Waals surface area contributed by atoms with Crippen molar-refractivity contribution in [2.75, 3.05) is 31.6 Å². The van der Waals surface area contributed by atoms with Crippen LogP contribution in [0.25, 0.3) is 0 Å². The van der Waals surface area contributed by atoms with Gasteiger partial charge in [0.25, 0.3) is 0 Å². The summed E-state index contributed by atoms with van der Waals surface area (Å²) in [6.07, 6.45) is 4.82. The smallest absolute Gasteiger partial charge is 0.0642 e. The van der Waals surface area contributed by atoms with Crippen LogP contribution in [0, 0.1) is 0 Å². The number of rotatable bonds is 3. The largest absolute Gasteiger partial charge is 0.369 e. The quantitative estimate of drug-likeness (QED) is 0.929. The predicted octanol–water partition coefficient (Wildman–Crippen LogP) is 2.51. The normalized spacial score (nSPS) is 26.9. The Morgan fingerprint density at radius 2 is 2.05 bits per heavy atom. The lowest BCUT2D eigenvalue weighted by molar-refractivity contribution is 0.254. The summed E-state index contributed by atoms with van der Waals surface area (Å²) in [5.41, 5.74) is 8.03. The summed E-state index contributed by atoms with van der Waals surface area (Å²) in [5, 5.41) is 0.872. The zero-order chi connectivity index (χ0) is 14.1. The van der Waals surface area contributed by atoms with Gasteiger partial charge in [0.1, 0.15) is 0 Å². The molecule has 2 fully saturated rings. The van der Waals surface area contributed by atoms with Gasteiger partial charge in [0, 0.05) is 25.2 Å². The Morgan fingerprint density at radius 1 is 1.25 bits per heavy atom. The van der Waals surface area contributed by atoms with Crippen LogP contribution in [0.2, 0.25) is 5.02 Å².